The summed E-state index contributed by atoms with van der Waals surface area (Å²) in [6.07, 6.45) is 0.673. The lowest BCUT2D eigenvalue weighted by Gasteiger charge is -2.15. The zero-order valence-electron chi connectivity index (χ0n) is 16.0. The summed E-state index contributed by atoms with van der Waals surface area (Å²) in [5.74, 6) is -0.313. The molecule has 28 heavy (non-hydrogen) atoms. The molecule has 2 rings (SSSR count). The molecular formula is C18H24N4O4S2. The van der Waals surface area contributed by atoms with Gasteiger partial charge >= 0.3 is 0 Å². The Labute approximate surface area is 168 Å². The van der Waals surface area contributed by atoms with Crippen LogP contribution in [0, 0.1) is 5.41 Å². The highest BCUT2D eigenvalue weighted by Crippen LogP contribution is 2.20. The maximum absolute atomic E-state index is 12.0. The second kappa shape index (κ2) is 8.80. The highest BCUT2D eigenvalue weighted by atomic mass is 32.2. The Morgan fingerprint density at radius 1 is 1.18 bits per heavy atom. The lowest BCUT2D eigenvalue weighted by Crippen LogP contribution is -2.28. The lowest BCUT2D eigenvalue weighted by molar-refractivity contribution is -0.123. The quantitative estimate of drug-likeness (QED) is 0.622. The van der Waals surface area contributed by atoms with Crippen LogP contribution < -0.4 is 15.8 Å². The van der Waals surface area contributed by atoms with Crippen LogP contribution in [-0.2, 0) is 32.5 Å². The number of nitrogens with two attached hydrogens (primary N) is 1. The number of benzene rings is 1. The Kier molecular flexibility index (Phi) is 6.91. The summed E-state index contributed by atoms with van der Waals surface area (Å²) in [7, 11) is -3.70. The van der Waals surface area contributed by atoms with E-state index in [1.165, 1.54) is 23.5 Å². The van der Waals surface area contributed by atoms with Crippen LogP contribution in [0.2, 0.25) is 0 Å². The van der Waals surface area contributed by atoms with Gasteiger partial charge in [0, 0.05) is 17.3 Å². The standard InChI is InChI=1S/C18H24N4O4S2/c1-18(2,3)16(24)22-17-21-13(11-27-17)10-15(23)20-9-8-12-4-6-14(7-5-12)28(19,25)26/h4-7,11H,8-10H2,1-3H3,(H,20,23)(H2,19,25,26)(H,21,22,24). The zero-order chi connectivity index (χ0) is 20.9. The Balaban J connectivity index is 1.79. The molecule has 152 valence electrons. The number of aromatic nitrogens is 1. The van der Waals surface area contributed by atoms with Gasteiger partial charge < -0.3 is 10.6 Å². The van der Waals surface area contributed by atoms with Crippen molar-refractivity contribution in [1.82, 2.24) is 10.3 Å². The highest BCUT2D eigenvalue weighted by molar-refractivity contribution is 7.89. The number of amides is 2. The largest absolute Gasteiger partial charge is 0.355 e. The van der Waals surface area contributed by atoms with E-state index in [9.17, 15) is 18.0 Å². The average molecular weight is 425 g/mol. The normalized spacial score (nSPS) is 11.9. The summed E-state index contributed by atoms with van der Waals surface area (Å²) in [6, 6.07) is 6.21. The maximum Gasteiger partial charge on any atom is 0.238 e. The van der Waals surface area contributed by atoms with Crippen LogP contribution in [0.5, 0.6) is 0 Å². The average Bonchev–Trinajstić information content (AvgIpc) is 3.00. The number of carbonyl (C=O) groups excluding carboxylic acids is 2. The van der Waals surface area contributed by atoms with Gasteiger partial charge in [0.15, 0.2) is 5.13 Å². The number of nitrogens with one attached hydrogen (secondary N) is 2. The molecular weight excluding hydrogens is 400 g/mol. The minimum Gasteiger partial charge on any atom is -0.355 e. The molecule has 1 aromatic heterocycles. The van der Waals surface area contributed by atoms with Crippen LogP contribution in [0.15, 0.2) is 34.5 Å². The van der Waals surface area contributed by atoms with Crippen molar-refractivity contribution in [2.45, 2.75) is 38.5 Å². The number of carbonyl (C=O) groups is 2. The maximum atomic E-state index is 12.0. The zero-order valence-corrected chi connectivity index (χ0v) is 17.6. The van der Waals surface area contributed by atoms with Crippen molar-refractivity contribution in [3.05, 3.63) is 40.9 Å². The van der Waals surface area contributed by atoms with Gasteiger partial charge in [-0.3, -0.25) is 9.59 Å². The third-order valence-corrected chi connectivity index (χ3v) is 5.52. The molecule has 0 saturated heterocycles. The Bertz CT molecular complexity index is 945. The van der Waals surface area contributed by atoms with E-state index < -0.39 is 15.4 Å². The Morgan fingerprint density at radius 2 is 1.82 bits per heavy atom. The summed E-state index contributed by atoms with van der Waals surface area (Å²) < 4.78 is 22.4. The van der Waals surface area contributed by atoms with E-state index in [2.05, 4.69) is 15.6 Å². The van der Waals surface area contributed by atoms with Gasteiger partial charge in [-0.25, -0.2) is 18.5 Å². The molecule has 2 amide bonds. The van der Waals surface area contributed by atoms with Crippen molar-refractivity contribution in [3.8, 4) is 0 Å². The smallest absolute Gasteiger partial charge is 0.238 e. The Morgan fingerprint density at radius 3 is 2.39 bits per heavy atom. The molecule has 0 bridgehead atoms. The van der Waals surface area contributed by atoms with Crippen molar-refractivity contribution in [3.63, 3.8) is 0 Å². The molecule has 4 N–H and O–H groups in total. The van der Waals surface area contributed by atoms with E-state index in [1.807, 2.05) is 20.8 Å². The fraction of sp³-hybridized carbons (Fsp3) is 0.389. The van der Waals surface area contributed by atoms with Gasteiger partial charge in [0.1, 0.15) is 0 Å². The monoisotopic (exact) mass is 424 g/mol. The van der Waals surface area contributed by atoms with Gasteiger partial charge in [0.25, 0.3) is 0 Å². The van der Waals surface area contributed by atoms with Crippen molar-refractivity contribution in [2.24, 2.45) is 10.6 Å². The van der Waals surface area contributed by atoms with E-state index in [1.54, 1.807) is 17.5 Å². The van der Waals surface area contributed by atoms with Crippen LogP contribution in [0.4, 0.5) is 5.13 Å². The first-order chi connectivity index (χ1) is 12.9. The van der Waals surface area contributed by atoms with Gasteiger partial charge in [0.2, 0.25) is 21.8 Å². The second-order valence-electron chi connectivity index (χ2n) is 7.31. The molecule has 0 spiro atoms. The molecule has 0 radical (unpaired) electrons. The van der Waals surface area contributed by atoms with E-state index in [0.29, 0.717) is 23.8 Å². The molecule has 0 atom stereocenters. The molecule has 1 aromatic carbocycles. The fourth-order valence-corrected chi connectivity index (χ4v) is 3.37. The molecule has 0 aliphatic carbocycles. The minimum absolute atomic E-state index is 0.0539. The molecule has 0 fully saturated rings. The number of hydrogen-bond acceptors (Lipinski definition) is 6. The number of primary sulfonamides is 1. The van der Waals surface area contributed by atoms with E-state index in [-0.39, 0.29) is 23.1 Å². The summed E-state index contributed by atoms with van der Waals surface area (Å²) in [5.41, 5.74) is 0.952. The van der Waals surface area contributed by atoms with Crippen LogP contribution in [0.3, 0.4) is 0 Å². The number of nitrogens with zero attached hydrogens (tertiary/aromatic N) is 1. The number of anilines is 1. The summed E-state index contributed by atoms with van der Waals surface area (Å²) in [6.45, 7) is 5.84. The van der Waals surface area contributed by atoms with Crippen molar-refractivity contribution < 1.29 is 18.0 Å². The van der Waals surface area contributed by atoms with E-state index in [0.717, 1.165) is 5.56 Å². The molecule has 10 heteroatoms. The van der Waals surface area contributed by atoms with Gasteiger partial charge in [-0.15, -0.1) is 11.3 Å². The topological polar surface area (TPSA) is 131 Å². The van der Waals surface area contributed by atoms with Crippen LogP contribution in [0.25, 0.3) is 0 Å². The predicted octanol–water partition coefficient (Wildman–Crippen LogP) is 1.68. The summed E-state index contributed by atoms with van der Waals surface area (Å²) in [5, 5.41) is 12.8. The third kappa shape index (κ3) is 6.70. The second-order valence-corrected chi connectivity index (χ2v) is 9.73. The molecule has 2 aromatic rings. The SMILES string of the molecule is CC(C)(C)C(=O)Nc1nc(CC(=O)NCCc2ccc(S(N)(=O)=O)cc2)cs1. The third-order valence-electron chi connectivity index (χ3n) is 3.78. The van der Waals surface area contributed by atoms with Crippen molar-refractivity contribution in [1.29, 1.82) is 0 Å². The first kappa shape index (κ1) is 22.0. The minimum atomic E-state index is -3.70. The molecule has 0 aliphatic heterocycles. The van der Waals surface area contributed by atoms with Gasteiger partial charge in [-0.1, -0.05) is 32.9 Å². The fourth-order valence-electron chi connectivity index (χ4n) is 2.15. The first-order valence-corrected chi connectivity index (χ1v) is 11.0. The van der Waals surface area contributed by atoms with E-state index >= 15 is 0 Å². The summed E-state index contributed by atoms with van der Waals surface area (Å²) in [4.78, 5) is 28.3. The molecule has 0 unspecified atom stereocenters. The number of hydrogen-bond donors (Lipinski definition) is 3. The molecule has 0 saturated carbocycles. The molecule has 1 heterocycles. The Hall–Kier alpha value is -2.30. The van der Waals surface area contributed by atoms with Crippen molar-refractivity contribution in [2.75, 3.05) is 11.9 Å². The number of thiazole rings is 1. The molecule has 8 nitrogen and oxygen atoms in total. The predicted molar refractivity (Wildman–Crippen MR) is 108 cm³/mol. The van der Waals surface area contributed by atoms with Gasteiger partial charge in [-0.2, -0.15) is 0 Å². The molecule has 0 aliphatic rings. The van der Waals surface area contributed by atoms with Gasteiger partial charge in [-0.05, 0) is 24.1 Å². The number of sulfonamides is 1. The van der Waals surface area contributed by atoms with Gasteiger partial charge in [0.05, 0.1) is 17.0 Å². The van der Waals surface area contributed by atoms with Crippen LogP contribution >= 0.6 is 11.3 Å². The van der Waals surface area contributed by atoms with E-state index in [4.69, 9.17) is 5.14 Å². The first-order valence-electron chi connectivity index (χ1n) is 8.59. The highest BCUT2D eigenvalue weighted by Gasteiger charge is 2.22. The van der Waals surface area contributed by atoms with Crippen LogP contribution in [-0.4, -0.2) is 31.8 Å². The van der Waals surface area contributed by atoms with Crippen molar-refractivity contribution >= 4 is 38.3 Å². The number of rotatable bonds is 7. The summed E-state index contributed by atoms with van der Waals surface area (Å²) >= 11 is 1.28. The lowest BCUT2D eigenvalue weighted by atomic mass is 9.96. The van der Waals surface area contributed by atoms with Crippen LogP contribution in [0.1, 0.15) is 32.0 Å².